The second-order valence-electron chi connectivity index (χ2n) is 3.82. The lowest BCUT2D eigenvalue weighted by Gasteiger charge is -2.06. The maximum absolute atomic E-state index is 13.0. The van der Waals surface area contributed by atoms with Crippen LogP contribution in [0.5, 0.6) is 0 Å². The van der Waals surface area contributed by atoms with Gasteiger partial charge in [0.05, 0.1) is 17.5 Å². The highest BCUT2D eigenvalue weighted by atomic mass is 19.1. The molecule has 18 heavy (non-hydrogen) atoms. The summed E-state index contributed by atoms with van der Waals surface area (Å²) in [5, 5.41) is 0. The number of pyridine rings is 1. The van der Waals surface area contributed by atoms with E-state index in [2.05, 4.69) is 4.98 Å². The summed E-state index contributed by atoms with van der Waals surface area (Å²) in [6.07, 6.45) is 1.31. The minimum Gasteiger partial charge on any atom is -0.366 e. The maximum Gasteiger partial charge on any atom is 0.250 e. The standard InChI is InChI=1S/C13H10F2N2O/c14-9-3-1-8(2-4-9)5-12-11(13(16)18)6-10(15)7-17-12/h1-4,6-7H,5H2,(H2,16,18). The highest BCUT2D eigenvalue weighted by Crippen LogP contribution is 2.13. The van der Waals surface area contributed by atoms with Crippen LogP contribution in [0.3, 0.4) is 0 Å². The van der Waals surface area contributed by atoms with Gasteiger partial charge < -0.3 is 5.73 Å². The molecule has 1 heterocycles. The van der Waals surface area contributed by atoms with Crippen molar-refractivity contribution in [3.05, 3.63) is 65.0 Å². The Morgan fingerprint density at radius 2 is 1.83 bits per heavy atom. The third-order valence-electron chi connectivity index (χ3n) is 2.49. The fourth-order valence-corrected chi connectivity index (χ4v) is 1.62. The summed E-state index contributed by atoms with van der Waals surface area (Å²) in [4.78, 5) is 15.0. The maximum atomic E-state index is 13.0. The number of hydrogen-bond donors (Lipinski definition) is 1. The lowest BCUT2D eigenvalue weighted by Crippen LogP contribution is -2.15. The van der Waals surface area contributed by atoms with Gasteiger partial charge in [-0.2, -0.15) is 0 Å². The molecule has 0 saturated carbocycles. The number of halogens is 2. The topological polar surface area (TPSA) is 56.0 Å². The number of rotatable bonds is 3. The van der Waals surface area contributed by atoms with Gasteiger partial charge in [-0.3, -0.25) is 9.78 Å². The van der Waals surface area contributed by atoms with E-state index in [1.165, 1.54) is 12.1 Å². The van der Waals surface area contributed by atoms with Crippen molar-refractivity contribution in [1.82, 2.24) is 4.98 Å². The van der Waals surface area contributed by atoms with E-state index in [-0.39, 0.29) is 11.4 Å². The van der Waals surface area contributed by atoms with E-state index in [0.29, 0.717) is 12.1 Å². The lowest BCUT2D eigenvalue weighted by atomic mass is 10.0. The fourth-order valence-electron chi connectivity index (χ4n) is 1.62. The third kappa shape index (κ3) is 2.68. The number of carbonyl (C=O) groups excluding carboxylic acids is 1. The number of nitrogens with zero attached hydrogens (tertiary/aromatic N) is 1. The molecule has 0 aliphatic heterocycles. The molecular weight excluding hydrogens is 238 g/mol. The molecule has 0 radical (unpaired) electrons. The zero-order chi connectivity index (χ0) is 13.1. The number of hydrogen-bond acceptors (Lipinski definition) is 2. The van der Waals surface area contributed by atoms with Crippen LogP contribution >= 0.6 is 0 Å². The normalized spacial score (nSPS) is 10.3. The van der Waals surface area contributed by atoms with Crippen molar-refractivity contribution in [2.24, 2.45) is 5.73 Å². The molecule has 0 atom stereocenters. The molecule has 0 aliphatic carbocycles. The molecule has 0 spiro atoms. The van der Waals surface area contributed by atoms with Crippen LogP contribution in [0, 0.1) is 11.6 Å². The van der Waals surface area contributed by atoms with E-state index in [4.69, 9.17) is 5.73 Å². The van der Waals surface area contributed by atoms with E-state index in [0.717, 1.165) is 17.8 Å². The average molecular weight is 248 g/mol. The lowest BCUT2D eigenvalue weighted by molar-refractivity contribution is 0.0998. The van der Waals surface area contributed by atoms with Crippen molar-refractivity contribution in [1.29, 1.82) is 0 Å². The monoisotopic (exact) mass is 248 g/mol. The summed E-state index contributed by atoms with van der Waals surface area (Å²) in [6, 6.07) is 6.82. The van der Waals surface area contributed by atoms with Gasteiger partial charge in [0.15, 0.2) is 0 Å². The molecule has 0 aliphatic rings. The Morgan fingerprint density at radius 3 is 2.44 bits per heavy atom. The Labute approximate surface area is 102 Å². The number of aromatic nitrogens is 1. The molecule has 1 aromatic carbocycles. The molecule has 1 aromatic heterocycles. The Bertz CT molecular complexity index is 582. The number of benzene rings is 1. The van der Waals surface area contributed by atoms with Crippen LogP contribution in [0.25, 0.3) is 0 Å². The largest absolute Gasteiger partial charge is 0.366 e. The van der Waals surface area contributed by atoms with E-state index in [9.17, 15) is 13.6 Å². The average Bonchev–Trinajstić information content (AvgIpc) is 2.34. The first-order chi connectivity index (χ1) is 8.56. The van der Waals surface area contributed by atoms with Crippen LogP contribution in [-0.2, 0) is 6.42 Å². The van der Waals surface area contributed by atoms with Crippen LogP contribution in [0.2, 0.25) is 0 Å². The van der Waals surface area contributed by atoms with Crippen molar-refractivity contribution in [3.63, 3.8) is 0 Å². The van der Waals surface area contributed by atoms with Gasteiger partial charge in [0, 0.05) is 6.42 Å². The minimum atomic E-state index is -0.737. The Morgan fingerprint density at radius 1 is 1.17 bits per heavy atom. The summed E-state index contributed by atoms with van der Waals surface area (Å²) >= 11 is 0. The predicted molar refractivity (Wildman–Crippen MR) is 61.9 cm³/mol. The number of primary amides is 1. The second-order valence-corrected chi connectivity index (χ2v) is 3.82. The molecule has 2 N–H and O–H groups in total. The third-order valence-corrected chi connectivity index (χ3v) is 2.49. The Kier molecular flexibility index (Phi) is 3.32. The highest BCUT2D eigenvalue weighted by Gasteiger charge is 2.11. The quantitative estimate of drug-likeness (QED) is 0.903. The van der Waals surface area contributed by atoms with Crippen molar-refractivity contribution in [2.75, 3.05) is 0 Å². The number of amides is 1. The summed E-state index contributed by atoms with van der Waals surface area (Å²) in [5.74, 6) is -1.70. The Balaban J connectivity index is 2.34. The molecule has 3 nitrogen and oxygen atoms in total. The molecule has 5 heteroatoms. The molecule has 0 unspecified atom stereocenters. The summed E-state index contributed by atoms with van der Waals surface area (Å²) < 4.78 is 25.7. The van der Waals surface area contributed by atoms with Gasteiger partial charge in [0.1, 0.15) is 11.6 Å². The van der Waals surface area contributed by atoms with Crippen molar-refractivity contribution in [2.45, 2.75) is 6.42 Å². The van der Waals surface area contributed by atoms with Crippen LogP contribution in [-0.4, -0.2) is 10.9 Å². The van der Waals surface area contributed by atoms with Crippen LogP contribution in [0.15, 0.2) is 36.5 Å². The molecule has 0 bridgehead atoms. The predicted octanol–water partition coefficient (Wildman–Crippen LogP) is 2.05. The van der Waals surface area contributed by atoms with Crippen molar-refractivity contribution < 1.29 is 13.6 Å². The smallest absolute Gasteiger partial charge is 0.250 e. The van der Waals surface area contributed by atoms with Gasteiger partial charge in [-0.15, -0.1) is 0 Å². The molecular formula is C13H10F2N2O. The van der Waals surface area contributed by atoms with Gasteiger partial charge >= 0.3 is 0 Å². The van der Waals surface area contributed by atoms with Crippen LogP contribution in [0.4, 0.5) is 8.78 Å². The van der Waals surface area contributed by atoms with Crippen molar-refractivity contribution in [3.8, 4) is 0 Å². The summed E-state index contributed by atoms with van der Waals surface area (Å²) in [6.45, 7) is 0. The van der Waals surface area contributed by atoms with Gasteiger partial charge in [-0.25, -0.2) is 8.78 Å². The van der Waals surface area contributed by atoms with Gasteiger partial charge in [-0.1, -0.05) is 12.1 Å². The second kappa shape index (κ2) is 4.91. The first-order valence-electron chi connectivity index (χ1n) is 5.25. The van der Waals surface area contributed by atoms with E-state index in [1.807, 2.05) is 0 Å². The van der Waals surface area contributed by atoms with Crippen molar-refractivity contribution >= 4 is 5.91 Å². The number of carbonyl (C=O) groups is 1. The van der Waals surface area contributed by atoms with Gasteiger partial charge in [0.2, 0.25) is 0 Å². The number of nitrogens with two attached hydrogens (primary N) is 1. The molecule has 92 valence electrons. The zero-order valence-electron chi connectivity index (χ0n) is 9.36. The molecule has 0 fully saturated rings. The summed E-state index contributed by atoms with van der Waals surface area (Å²) in [5.41, 5.74) is 6.33. The minimum absolute atomic E-state index is 0.0410. The van der Waals surface area contributed by atoms with Gasteiger partial charge in [0.25, 0.3) is 5.91 Å². The molecule has 2 aromatic rings. The zero-order valence-corrected chi connectivity index (χ0v) is 9.36. The Hall–Kier alpha value is -2.30. The fraction of sp³-hybridized carbons (Fsp3) is 0.0769. The van der Waals surface area contributed by atoms with E-state index >= 15 is 0 Å². The van der Waals surface area contributed by atoms with Crippen LogP contribution < -0.4 is 5.73 Å². The first-order valence-corrected chi connectivity index (χ1v) is 5.25. The van der Waals surface area contributed by atoms with Crippen LogP contribution in [0.1, 0.15) is 21.6 Å². The first kappa shape index (κ1) is 12.2. The molecule has 1 amide bonds. The molecule has 2 rings (SSSR count). The molecule has 0 saturated heterocycles. The highest BCUT2D eigenvalue weighted by molar-refractivity contribution is 5.93. The van der Waals surface area contributed by atoms with E-state index in [1.54, 1.807) is 12.1 Å². The summed E-state index contributed by atoms with van der Waals surface area (Å²) in [7, 11) is 0. The SMILES string of the molecule is NC(=O)c1cc(F)cnc1Cc1ccc(F)cc1. The van der Waals surface area contributed by atoms with E-state index < -0.39 is 11.7 Å². The van der Waals surface area contributed by atoms with Gasteiger partial charge in [-0.05, 0) is 23.8 Å².